The summed E-state index contributed by atoms with van der Waals surface area (Å²) in [4.78, 5) is 0. The highest BCUT2D eigenvalue weighted by Crippen LogP contribution is 2.29. The molecule has 2 atom stereocenters. The van der Waals surface area contributed by atoms with Crippen molar-refractivity contribution in [2.24, 2.45) is 0 Å². The fraction of sp³-hybridized carbons (Fsp3) is 0.739. The average molecular weight is 381 g/mol. The van der Waals surface area contributed by atoms with Crippen LogP contribution in [0.2, 0.25) is 0 Å². The first kappa shape index (κ1) is 23.8. The summed E-state index contributed by atoms with van der Waals surface area (Å²) in [6.45, 7) is 2.17. The summed E-state index contributed by atoms with van der Waals surface area (Å²) in [6.07, 6.45) is 13.4. The predicted octanol–water partition coefficient (Wildman–Crippen LogP) is 5.45. The SMILES string of the molecule is CCCCCCC(O)C(O)CCCCCCCCCc1cccc(O)c1O. The summed E-state index contributed by atoms with van der Waals surface area (Å²) >= 11 is 0. The van der Waals surface area contributed by atoms with E-state index < -0.39 is 12.2 Å². The van der Waals surface area contributed by atoms with Crippen LogP contribution in [-0.4, -0.2) is 32.6 Å². The minimum atomic E-state index is -0.568. The molecule has 27 heavy (non-hydrogen) atoms. The molecule has 4 heteroatoms. The molecule has 4 N–H and O–H groups in total. The first-order valence-electron chi connectivity index (χ1n) is 10.9. The first-order chi connectivity index (χ1) is 13.1. The van der Waals surface area contributed by atoms with Crippen molar-refractivity contribution in [3.05, 3.63) is 23.8 Å². The molecule has 0 aliphatic heterocycles. The summed E-state index contributed by atoms with van der Waals surface area (Å²) in [5.41, 5.74) is 0.817. The zero-order chi connectivity index (χ0) is 19.9. The highest BCUT2D eigenvalue weighted by Gasteiger charge is 2.15. The van der Waals surface area contributed by atoms with Crippen LogP contribution in [0.1, 0.15) is 96.0 Å². The van der Waals surface area contributed by atoms with Gasteiger partial charge in [-0.25, -0.2) is 0 Å². The molecule has 0 spiro atoms. The van der Waals surface area contributed by atoms with E-state index in [1.807, 2.05) is 6.07 Å². The largest absolute Gasteiger partial charge is 0.504 e. The number of unbranched alkanes of at least 4 members (excludes halogenated alkanes) is 9. The number of aliphatic hydroxyl groups excluding tert-OH is 2. The quantitative estimate of drug-likeness (QED) is 0.227. The highest BCUT2D eigenvalue weighted by atomic mass is 16.3. The second-order valence-corrected chi connectivity index (χ2v) is 7.78. The van der Waals surface area contributed by atoms with Crippen molar-refractivity contribution in [2.45, 2.75) is 109 Å². The zero-order valence-electron chi connectivity index (χ0n) is 17.1. The number of para-hydroxylation sites is 1. The van der Waals surface area contributed by atoms with Gasteiger partial charge in [0.2, 0.25) is 0 Å². The Balaban J connectivity index is 1.96. The molecule has 156 valence electrons. The van der Waals surface area contributed by atoms with Crippen LogP contribution in [0.3, 0.4) is 0 Å². The van der Waals surface area contributed by atoms with Crippen LogP contribution in [0.5, 0.6) is 11.5 Å². The van der Waals surface area contributed by atoms with Crippen LogP contribution in [0, 0.1) is 0 Å². The molecule has 1 aromatic rings. The van der Waals surface area contributed by atoms with Crippen LogP contribution < -0.4 is 0 Å². The van der Waals surface area contributed by atoms with E-state index in [0.29, 0.717) is 6.42 Å². The molecule has 0 saturated heterocycles. The summed E-state index contributed by atoms with van der Waals surface area (Å²) in [6, 6.07) is 5.13. The zero-order valence-corrected chi connectivity index (χ0v) is 17.1. The Kier molecular flexibility index (Phi) is 13.0. The molecule has 0 aliphatic rings. The van der Waals surface area contributed by atoms with Gasteiger partial charge in [-0.2, -0.15) is 0 Å². The lowest BCUT2D eigenvalue weighted by Crippen LogP contribution is -2.25. The van der Waals surface area contributed by atoms with Gasteiger partial charge in [-0.05, 0) is 37.3 Å². The third-order valence-electron chi connectivity index (χ3n) is 5.34. The van der Waals surface area contributed by atoms with Gasteiger partial charge in [0.15, 0.2) is 11.5 Å². The van der Waals surface area contributed by atoms with Gasteiger partial charge in [-0.3, -0.25) is 0 Å². The summed E-state index contributed by atoms with van der Waals surface area (Å²) in [5.74, 6) is -0.0237. The molecular weight excluding hydrogens is 340 g/mol. The van der Waals surface area contributed by atoms with E-state index in [0.717, 1.165) is 63.4 Å². The normalized spacial score (nSPS) is 13.6. The van der Waals surface area contributed by atoms with Crippen LogP contribution in [-0.2, 0) is 6.42 Å². The maximum Gasteiger partial charge on any atom is 0.160 e. The predicted molar refractivity (Wildman–Crippen MR) is 111 cm³/mol. The molecule has 0 aliphatic carbocycles. The molecule has 0 radical (unpaired) electrons. The van der Waals surface area contributed by atoms with Crippen LogP contribution >= 0.6 is 0 Å². The van der Waals surface area contributed by atoms with Gasteiger partial charge in [-0.15, -0.1) is 0 Å². The molecule has 0 bridgehead atoms. The summed E-state index contributed by atoms with van der Waals surface area (Å²) < 4.78 is 0. The van der Waals surface area contributed by atoms with Crippen molar-refractivity contribution in [3.63, 3.8) is 0 Å². The second-order valence-electron chi connectivity index (χ2n) is 7.78. The lowest BCUT2D eigenvalue weighted by atomic mass is 9.99. The second kappa shape index (κ2) is 14.8. The summed E-state index contributed by atoms with van der Waals surface area (Å²) in [7, 11) is 0. The average Bonchev–Trinajstić information content (AvgIpc) is 2.66. The molecule has 0 heterocycles. The van der Waals surface area contributed by atoms with Crippen LogP contribution in [0.25, 0.3) is 0 Å². The Morgan fingerprint density at radius 3 is 1.81 bits per heavy atom. The lowest BCUT2D eigenvalue weighted by molar-refractivity contribution is 0.00713. The van der Waals surface area contributed by atoms with Gasteiger partial charge < -0.3 is 20.4 Å². The van der Waals surface area contributed by atoms with E-state index in [1.165, 1.54) is 31.7 Å². The molecule has 4 nitrogen and oxygen atoms in total. The fourth-order valence-corrected chi connectivity index (χ4v) is 3.50. The van der Waals surface area contributed by atoms with Crippen molar-refractivity contribution in [1.82, 2.24) is 0 Å². The maximum absolute atomic E-state index is 10.0. The minimum Gasteiger partial charge on any atom is -0.504 e. The number of rotatable bonds is 16. The summed E-state index contributed by atoms with van der Waals surface area (Å²) in [5, 5.41) is 39.2. The number of phenolic OH excluding ortho intramolecular Hbond substituents is 2. The van der Waals surface area contributed by atoms with E-state index in [2.05, 4.69) is 6.92 Å². The molecule has 0 aromatic heterocycles. The third kappa shape index (κ3) is 10.6. The maximum atomic E-state index is 10.0. The van der Waals surface area contributed by atoms with Gasteiger partial charge in [0.25, 0.3) is 0 Å². The van der Waals surface area contributed by atoms with Gasteiger partial charge in [0.1, 0.15) is 0 Å². The smallest absolute Gasteiger partial charge is 0.160 e. The number of aliphatic hydroxyl groups is 2. The van der Waals surface area contributed by atoms with E-state index in [4.69, 9.17) is 0 Å². The van der Waals surface area contributed by atoms with E-state index in [9.17, 15) is 20.4 Å². The van der Waals surface area contributed by atoms with E-state index in [-0.39, 0.29) is 11.5 Å². The Bertz CT molecular complexity index is 489. The molecule has 0 saturated carbocycles. The number of hydrogen-bond donors (Lipinski definition) is 4. The third-order valence-corrected chi connectivity index (χ3v) is 5.34. The van der Waals surface area contributed by atoms with Crippen molar-refractivity contribution in [3.8, 4) is 11.5 Å². The van der Waals surface area contributed by atoms with Gasteiger partial charge in [0.05, 0.1) is 12.2 Å². The number of aromatic hydroxyl groups is 2. The van der Waals surface area contributed by atoms with Crippen LogP contribution in [0.4, 0.5) is 0 Å². The topological polar surface area (TPSA) is 80.9 Å². The van der Waals surface area contributed by atoms with E-state index >= 15 is 0 Å². The van der Waals surface area contributed by atoms with Gasteiger partial charge in [-0.1, -0.05) is 83.3 Å². The van der Waals surface area contributed by atoms with Crippen LogP contribution in [0.15, 0.2) is 18.2 Å². The number of hydrogen-bond acceptors (Lipinski definition) is 4. The van der Waals surface area contributed by atoms with Gasteiger partial charge in [0, 0.05) is 0 Å². The van der Waals surface area contributed by atoms with Crippen molar-refractivity contribution >= 4 is 0 Å². The van der Waals surface area contributed by atoms with Crippen molar-refractivity contribution in [1.29, 1.82) is 0 Å². The van der Waals surface area contributed by atoms with Crippen molar-refractivity contribution in [2.75, 3.05) is 0 Å². The molecule has 1 rings (SSSR count). The number of benzene rings is 1. The standard InChI is InChI=1S/C23H40O4/c1-2-3-4-11-16-20(24)21(25)17-12-9-7-5-6-8-10-14-19-15-13-18-22(26)23(19)27/h13,15,18,20-21,24-27H,2-12,14,16-17H2,1H3. The highest BCUT2D eigenvalue weighted by molar-refractivity contribution is 5.44. The molecule has 0 fully saturated rings. The lowest BCUT2D eigenvalue weighted by Gasteiger charge is -2.17. The molecule has 0 amide bonds. The number of aryl methyl sites for hydroxylation is 1. The molecule has 2 unspecified atom stereocenters. The Hall–Kier alpha value is -1.26. The Morgan fingerprint density at radius 1 is 0.704 bits per heavy atom. The first-order valence-corrected chi connectivity index (χ1v) is 10.9. The minimum absolute atomic E-state index is 0.0172. The molecular formula is C23H40O4. The monoisotopic (exact) mass is 380 g/mol. The fourth-order valence-electron chi connectivity index (χ4n) is 3.50. The van der Waals surface area contributed by atoms with E-state index in [1.54, 1.807) is 6.07 Å². The number of phenols is 2. The van der Waals surface area contributed by atoms with Gasteiger partial charge >= 0.3 is 0 Å². The molecule has 1 aromatic carbocycles. The Morgan fingerprint density at radius 2 is 1.22 bits per heavy atom. The Labute approximate surface area is 165 Å². The van der Waals surface area contributed by atoms with Crippen molar-refractivity contribution < 1.29 is 20.4 Å².